The van der Waals surface area contributed by atoms with Gasteiger partial charge in [0.1, 0.15) is 17.8 Å². The van der Waals surface area contributed by atoms with Crippen LogP contribution in [0.15, 0.2) is 42.7 Å². The molecule has 5 nitrogen and oxygen atoms in total. The number of nitrogens with zero attached hydrogens (tertiary/aromatic N) is 2. The molecule has 102 valence electrons. The Morgan fingerprint density at radius 1 is 1.20 bits per heavy atom. The molecule has 2 aromatic rings. The van der Waals surface area contributed by atoms with Crippen LogP contribution in [0.4, 0.5) is 5.82 Å². The fraction of sp³-hybridized carbons (Fsp3) is 0.267. The standard InChI is InChI=1S/C15H16N4O/c20-15(19-12-6-7-12)13-8-14(18-10-17-13)16-9-11-4-2-1-3-5-11/h1-5,8,10,12H,6-7,9H2,(H,19,20)(H,16,17,18). The third-order valence-corrected chi connectivity index (χ3v) is 3.13. The molecule has 2 N–H and O–H groups in total. The van der Waals surface area contributed by atoms with Crippen LogP contribution in [0.25, 0.3) is 0 Å². The quantitative estimate of drug-likeness (QED) is 0.870. The van der Waals surface area contributed by atoms with Gasteiger partial charge in [-0.2, -0.15) is 0 Å². The Labute approximate surface area is 117 Å². The number of rotatable bonds is 5. The van der Waals surface area contributed by atoms with Crippen LogP contribution >= 0.6 is 0 Å². The average Bonchev–Trinajstić information content (AvgIpc) is 3.30. The first-order chi connectivity index (χ1) is 9.81. The Kier molecular flexibility index (Phi) is 3.58. The minimum absolute atomic E-state index is 0.127. The van der Waals surface area contributed by atoms with Crippen molar-refractivity contribution >= 4 is 11.7 Å². The van der Waals surface area contributed by atoms with E-state index in [1.54, 1.807) is 6.07 Å². The Morgan fingerprint density at radius 3 is 2.75 bits per heavy atom. The highest BCUT2D eigenvalue weighted by atomic mass is 16.2. The molecule has 3 rings (SSSR count). The largest absolute Gasteiger partial charge is 0.366 e. The zero-order chi connectivity index (χ0) is 13.8. The lowest BCUT2D eigenvalue weighted by molar-refractivity contribution is 0.0946. The molecule has 0 spiro atoms. The SMILES string of the molecule is O=C(NC1CC1)c1cc(NCc2ccccc2)ncn1. The van der Waals surface area contributed by atoms with E-state index in [1.165, 1.54) is 6.33 Å². The van der Waals surface area contributed by atoms with E-state index in [0.717, 1.165) is 18.4 Å². The Balaban J connectivity index is 1.63. The summed E-state index contributed by atoms with van der Waals surface area (Å²) in [6.45, 7) is 0.668. The normalized spacial score (nSPS) is 13.8. The lowest BCUT2D eigenvalue weighted by atomic mass is 10.2. The minimum Gasteiger partial charge on any atom is -0.366 e. The van der Waals surface area contributed by atoms with Crippen molar-refractivity contribution in [3.8, 4) is 0 Å². The number of carbonyl (C=O) groups is 1. The van der Waals surface area contributed by atoms with Crippen molar-refractivity contribution in [2.45, 2.75) is 25.4 Å². The van der Waals surface area contributed by atoms with Gasteiger partial charge >= 0.3 is 0 Å². The van der Waals surface area contributed by atoms with E-state index < -0.39 is 0 Å². The Bertz CT molecular complexity index is 596. The van der Waals surface area contributed by atoms with Crippen LogP contribution in [0.5, 0.6) is 0 Å². The lowest BCUT2D eigenvalue weighted by Gasteiger charge is -2.07. The summed E-state index contributed by atoms with van der Waals surface area (Å²) in [5, 5.41) is 6.11. The number of hydrogen-bond acceptors (Lipinski definition) is 4. The van der Waals surface area contributed by atoms with E-state index in [1.807, 2.05) is 30.3 Å². The maximum absolute atomic E-state index is 11.9. The predicted octanol–water partition coefficient (Wildman–Crippen LogP) is 1.98. The average molecular weight is 268 g/mol. The summed E-state index contributed by atoms with van der Waals surface area (Å²) in [5.41, 5.74) is 1.57. The highest BCUT2D eigenvalue weighted by molar-refractivity contribution is 5.93. The maximum Gasteiger partial charge on any atom is 0.270 e. The zero-order valence-corrected chi connectivity index (χ0v) is 11.0. The Morgan fingerprint density at radius 2 is 2.00 bits per heavy atom. The molecular formula is C15H16N4O. The molecule has 1 saturated carbocycles. The molecule has 5 heteroatoms. The monoisotopic (exact) mass is 268 g/mol. The van der Waals surface area contributed by atoms with Gasteiger partial charge in [0.25, 0.3) is 5.91 Å². The second-order valence-corrected chi connectivity index (χ2v) is 4.88. The van der Waals surface area contributed by atoms with Crippen LogP contribution < -0.4 is 10.6 Å². The highest BCUT2D eigenvalue weighted by Gasteiger charge is 2.24. The number of nitrogens with one attached hydrogen (secondary N) is 2. The molecule has 1 aliphatic rings. The van der Waals surface area contributed by atoms with E-state index in [0.29, 0.717) is 24.1 Å². The number of aromatic nitrogens is 2. The van der Waals surface area contributed by atoms with Crippen LogP contribution in [0.1, 0.15) is 28.9 Å². The van der Waals surface area contributed by atoms with Gasteiger partial charge in [0.05, 0.1) is 0 Å². The van der Waals surface area contributed by atoms with Gasteiger partial charge in [-0.3, -0.25) is 4.79 Å². The zero-order valence-electron chi connectivity index (χ0n) is 11.0. The van der Waals surface area contributed by atoms with Crippen LogP contribution in [-0.4, -0.2) is 21.9 Å². The van der Waals surface area contributed by atoms with E-state index >= 15 is 0 Å². The van der Waals surface area contributed by atoms with Gasteiger partial charge in [0.2, 0.25) is 0 Å². The third kappa shape index (κ3) is 3.32. The molecule has 0 atom stereocenters. The number of benzene rings is 1. The van der Waals surface area contributed by atoms with Crippen molar-refractivity contribution in [1.82, 2.24) is 15.3 Å². The smallest absolute Gasteiger partial charge is 0.270 e. The van der Waals surface area contributed by atoms with Crippen molar-refractivity contribution in [3.05, 3.63) is 54.0 Å². The molecule has 1 aromatic carbocycles. The number of hydrogen-bond donors (Lipinski definition) is 2. The van der Waals surface area contributed by atoms with Crippen LogP contribution in [0.3, 0.4) is 0 Å². The molecular weight excluding hydrogens is 252 g/mol. The molecule has 0 radical (unpaired) electrons. The first-order valence-corrected chi connectivity index (χ1v) is 6.72. The summed E-state index contributed by atoms with van der Waals surface area (Å²) < 4.78 is 0. The molecule has 1 fully saturated rings. The summed E-state index contributed by atoms with van der Waals surface area (Å²) >= 11 is 0. The number of anilines is 1. The lowest BCUT2D eigenvalue weighted by Crippen LogP contribution is -2.26. The van der Waals surface area contributed by atoms with Gasteiger partial charge in [-0.25, -0.2) is 9.97 Å². The van der Waals surface area contributed by atoms with Crippen molar-refractivity contribution in [2.24, 2.45) is 0 Å². The van der Waals surface area contributed by atoms with Gasteiger partial charge in [-0.1, -0.05) is 30.3 Å². The summed E-state index contributed by atoms with van der Waals surface area (Å²) in [4.78, 5) is 20.0. The van der Waals surface area contributed by atoms with Crippen molar-refractivity contribution < 1.29 is 4.79 Å². The fourth-order valence-corrected chi connectivity index (χ4v) is 1.85. The Hall–Kier alpha value is -2.43. The highest BCUT2D eigenvalue weighted by Crippen LogP contribution is 2.19. The summed E-state index contributed by atoms with van der Waals surface area (Å²) in [5.74, 6) is 0.530. The maximum atomic E-state index is 11.9. The molecule has 1 aromatic heterocycles. The molecule has 0 saturated heterocycles. The van der Waals surface area contributed by atoms with E-state index in [4.69, 9.17) is 0 Å². The van der Waals surface area contributed by atoms with E-state index in [9.17, 15) is 4.79 Å². The van der Waals surface area contributed by atoms with Gasteiger partial charge < -0.3 is 10.6 Å². The molecule has 0 aliphatic heterocycles. The predicted molar refractivity (Wildman–Crippen MR) is 76.3 cm³/mol. The molecule has 1 aliphatic carbocycles. The van der Waals surface area contributed by atoms with E-state index in [2.05, 4.69) is 20.6 Å². The van der Waals surface area contributed by atoms with Gasteiger partial charge in [-0.15, -0.1) is 0 Å². The van der Waals surface area contributed by atoms with E-state index in [-0.39, 0.29) is 5.91 Å². The number of carbonyl (C=O) groups excluding carboxylic acids is 1. The molecule has 0 bridgehead atoms. The third-order valence-electron chi connectivity index (χ3n) is 3.13. The summed E-state index contributed by atoms with van der Waals surface area (Å²) in [6.07, 6.45) is 3.54. The second kappa shape index (κ2) is 5.69. The van der Waals surface area contributed by atoms with Crippen LogP contribution in [-0.2, 0) is 6.54 Å². The van der Waals surface area contributed by atoms with Gasteiger partial charge in [0.15, 0.2) is 0 Å². The number of amides is 1. The van der Waals surface area contributed by atoms with Gasteiger partial charge in [0, 0.05) is 18.7 Å². The van der Waals surface area contributed by atoms with Crippen LogP contribution in [0, 0.1) is 0 Å². The summed E-state index contributed by atoms with van der Waals surface area (Å²) in [7, 11) is 0. The first-order valence-electron chi connectivity index (χ1n) is 6.72. The minimum atomic E-state index is -0.127. The van der Waals surface area contributed by atoms with Crippen molar-refractivity contribution in [1.29, 1.82) is 0 Å². The molecule has 0 unspecified atom stereocenters. The molecule has 20 heavy (non-hydrogen) atoms. The van der Waals surface area contributed by atoms with Crippen molar-refractivity contribution in [2.75, 3.05) is 5.32 Å². The second-order valence-electron chi connectivity index (χ2n) is 4.88. The van der Waals surface area contributed by atoms with Crippen molar-refractivity contribution in [3.63, 3.8) is 0 Å². The van der Waals surface area contributed by atoms with Crippen LogP contribution in [0.2, 0.25) is 0 Å². The first kappa shape index (κ1) is 12.6. The summed E-state index contributed by atoms with van der Waals surface area (Å²) in [6, 6.07) is 12.0. The van der Waals surface area contributed by atoms with Gasteiger partial charge in [-0.05, 0) is 18.4 Å². The molecule has 1 amide bonds. The molecule has 1 heterocycles. The topological polar surface area (TPSA) is 66.9 Å². The fourth-order valence-electron chi connectivity index (χ4n) is 1.85.